The van der Waals surface area contributed by atoms with Gasteiger partial charge >= 0.3 is 0 Å². The maximum Gasteiger partial charge on any atom is 0.0717 e. The second kappa shape index (κ2) is 8.52. The summed E-state index contributed by atoms with van der Waals surface area (Å²) < 4.78 is 6.00. The molecule has 0 unspecified atom stereocenters. The van der Waals surface area contributed by atoms with Crippen LogP contribution in [0.4, 0.5) is 0 Å². The largest absolute Gasteiger partial charge is 0.376 e. The van der Waals surface area contributed by atoms with E-state index < -0.39 is 0 Å². The molecule has 1 heterocycles. The number of ether oxygens (including phenoxy) is 1. The van der Waals surface area contributed by atoms with Crippen LogP contribution in [0.1, 0.15) is 37.7 Å². The van der Waals surface area contributed by atoms with Gasteiger partial charge in [-0.15, -0.1) is 0 Å². The Kier molecular flexibility index (Phi) is 6.13. The number of hydrogen-bond acceptors (Lipinski definition) is 3. The Morgan fingerprint density at radius 1 is 1.21 bits per heavy atom. The van der Waals surface area contributed by atoms with E-state index in [1.54, 1.807) is 0 Å². The Morgan fingerprint density at radius 3 is 2.62 bits per heavy atom. The van der Waals surface area contributed by atoms with E-state index in [-0.39, 0.29) is 0 Å². The standard InChI is InChI=1S/C19H28N4O/c20-22-21-11-6-17-7-12-23(13-8-17)15-19(9-10-19)16-24-14-18-4-2-1-3-5-18/h1-5,17H,6-16H2. The Bertz CT molecular complexity index is 544. The first-order valence-corrected chi connectivity index (χ1v) is 9.15. The summed E-state index contributed by atoms with van der Waals surface area (Å²) in [7, 11) is 0. The van der Waals surface area contributed by atoms with Crippen molar-refractivity contribution in [2.45, 2.75) is 38.7 Å². The van der Waals surface area contributed by atoms with Crippen LogP contribution in [0.3, 0.4) is 0 Å². The normalized spacial score (nSPS) is 20.5. The second-order valence-corrected chi connectivity index (χ2v) is 7.44. The van der Waals surface area contributed by atoms with Crippen molar-refractivity contribution >= 4 is 0 Å². The van der Waals surface area contributed by atoms with Gasteiger partial charge in [0.15, 0.2) is 0 Å². The molecule has 130 valence electrons. The summed E-state index contributed by atoms with van der Waals surface area (Å²) in [5, 5.41) is 3.66. The summed E-state index contributed by atoms with van der Waals surface area (Å²) in [5.74, 6) is 0.733. The quantitative estimate of drug-likeness (QED) is 0.383. The molecule has 0 aromatic heterocycles. The summed E-state index contributed by atoms with van der Waals surface area (Å²) in [6.07, 6.45) is 6.13. The van der Waals surface area contributed by atoms with Crippen LogP contribution < -0.4 is 0 Å². The topological polar surface area (TPSA) is 61.2 Å². The third kappa shape index (κ3) is 5.23. The van der Waals surface area contributed by atoms with Gasteiger partial charge in [-0.2, -0.15) is 0 Å². The van der Waals surface area contributed by atoms with Crippen molar-refractivity contribution in [1.82, 2.24) is 4.90 Å². The predicted molar refractivity (Wildman–Crippen MR) is 95.6 cm³/mol. The van der Waals surface area contributed by atoms with Crippen molar-refractivity contribution in [3.63, 3.8) is 0 Å². The van der Waals surface area contributed by atoms with Gasteiger partial charge in [-0.3, -0.25) is 0 Å². The minimum atomic E-state index is 0.409. The summed E-state index contributed by atoms with van der Waals surface area (Å²) in [6.45, 7) is 5.81. The van der Waals surface area contributed by atoms with E-state index in [0.29, 0.717) is 12.0 Å². The van der Waals surface area contributed by atoms with Crippen molar-refractivity contribution in [2.75, 3.05) is 32.8 Å². The van der Waals surface area contributed by atoms with Gasteiger partial charge in [0.1, 0.15) is 0 Å². The molecule has 0 amide bonds. The van der Waals surface area contributed by atoms with Gasteiger partial charge in [-0.1, -0.05) is 35.4 Å². The fourth-order valence-electron chi connectivity index (χ4n) is 3.68. The number of benzene rings is 1. The highest BCUT2D eigenvalue weighted by Gasteiger charge is 2.44. The Morgan fingerprint density at radius 2 is 1.96 bits per heavy atom. The highest BCUT2D eigenvalue weighted by molar-refractivity contribution is 5.13. The van der Waals surface area contributed by atoms with E-state index in [2.05, 4.69) is 39.2 Å². The number of likely N-dealkylation sites (tertiary alicyclic amines) is 1. The van der Waals surface area contributed by atoms with Crippen molar-refractivity contribution in [1.29, 1.82) is 0 Å². The minimum Gasteiger partial charge on any atom is -0.376 e. The molecule has 0 bridgehead atoms. The Hall–Kier alpha value is -1.55. The zero-order valence-corrected chi connectivity index (χ0v) is 14.4. The van der Waals surface area contributed by atoms with E-state index in [1.165, 1.54) is 50.9 Å². The summed E-state index contributed by atoms with van der Waals surface area (Å²) in [4.78, 5) is 5.46. The lowest BCUT2D eigenvalue weighted by atomic mass is 9.93. The lowest BCUT2D eigenvalue weighted by Crippen LogP contribution is -2.39. The molecule has 0 N–H and O–H groups in total. The fraction of sp³-hybridized carbons (Fsp3) is 0.684. The van der Waals surface area contributed by atoms with Gasteiger partial charge in [0, 0.05) is 23.4 Å². The minimum absolute atomic E-state index is 0.409. The smallest absolute Gasteiger partial charge is 0.0717 e. The highest BCUT2D eigenvalue weighted by Crippen LogP contribution is 2.47. The molecule has 24 heavy (non-hydrogen) atoms. The number of azide groups is 1. The molecule has 1 aliphatic carbocycles. The first-order chi connectivity index (χ1) is 11.8. The van der Waals surface area contributed by atoms with E-state index in [4.69, 9.17) is 10.3 Å². The van der Waals surface area contributed by atoms with Crippen LogP contribution in [-0.4, -0.2) is 37.7 Å². The van der Waals surface area contributed by atoms with Crippen molar-refractivity contribution in [2.24, 2.45) is 16.4 Å². The summed E-state index contributed by atoms with van der Waals surface area (Å²) in [5.41, 5.74) is 10.0. The number of nitrogens with zero attached hydrogens (tertiary/aromatic N) is 4. The molecule has 0 spiro atoms. The molecule has 5 heteroatoms. The number of piperidine rings is 1. The van der Waals surface area contributed by atoms with Crippen molar-refractivity contribution in [3.05, 3.63) is 46.3 Å². The molecule has 3 rings (SSSR count). The SMILES string of the molecule is [N-]=[N+]=NCCC1CCN(CC2(COCc3ccccc3)CC2)CC1. The van der Waals surface area contributed by atoms with E-state index in [0.717, 1.165) is 25.6 Å². The molecule has 1 saturated carbocycles. The van der Waals surface area contributed by atoms with Gasteiger partial charge in [0.2, 0.25) is 0 Å². The molecule has 0 atom stereocenters. The first-order valence-electron chi connectivity index (χ1n) is 9.15. The first kappa shape index (κ1) is 17.3. The molecule has 1 aliphatic heterocycles. The third-order valence-electron chi connectivity index (χ3n) is 5.44. The number of hydrogen-bond donors (Lipinski definition) is 0. The predicted octanol–water partition coefficient (Wildman–Crippen LogP) is 4.40. The molecule has 1 aromatic carbocycles. The third-order valence-corrected chi connectivity index (χ3v) is 5.44. The monoisotopic (exact) mass is 328 g/mol. The molecular weight excluding hydrogens is 300 g/mol. The highest BCUT2D eigenvalue weighted by atomic mass is 16.5. The molecule has 2 fully saturated rings. The van der Waals surface area contributed by atoms with Crippen LogP contribution in [0, 0.1) is 11.3 Å². The zero-order chi connectivity index (χ0) is 16.7. The molecule has 2 aliphatic rings. The average Bonchev–Trinajstić information content (AvgIpc) is 3.37. The van der Waals surface area contributed by atoms with Gasteiger partial charge in [0.05, 0.1) is 13.2 Å². The van der Waals surface area contributed by atoms with Crippen LogP contribution >= 0.6 is 0 Å². The Labute approximate surface area is 144 Å². The molecule has 5 nitrogen and oxygen atoms in total. The Balaban J connectivity index is 1.35. The van der Waals surface area contributed by atoms with Crippen LogP contribution in [0.25, 0.3) is 10.4 Å². The summed E-state index contributed by atoms with van der Waals surface area (Å²) >= 11 is 0. The summed E-state index contributed by atoms with van der Waals surface area (Å²) in [6, 6.07) is 10.4. The maximum absolute atomic E-state index is 8.35. The van der Waals surface area contributed by atoms with Gasteiger partial charge in [0.25, 0.3) is 0 Å². The molecule has 1 saturated heterocycles. The molecular formula is C19H28N4O. The van der Waals surface area contributed by atoms with Gasteiger partial charge in [-0.25, -0.2) is 0 Å². The van der Waals surface area contributed by atoms with Crippen molar-refractivity contribution < 1.29 is 4.74 Å². The average molecular weight is 328 g/mol. The van der Waals surface area contributed by atoms with E-state index in [1.807, 2.05) is 6.07 Å². The van der Waals surface area contributed by atoms with Crippen LogP contribution in [0.2, 0.25) is 0 Å². The lowest BCUT2D eigenvalue weighted by molar-refractivity contribution is 0.0522. The van der Waals surface area contributed by atoms with Crippen LogP contribution in [0.5, 0.6) is 0 Å². The van der Waals surface area contributed by atoms with E-state index in [9.17, 15) is 0 Å². The van der Waals surface area contributed by atoms with Gasteiger partial charge < -0.3 is 9.64 Å². The fourth-order valence-corrected chi connectivity index (χ4v) is 3.68. The van der Waals surface area contributed by atoms with Crippen LogP contribution in [-0.2, 0) is 11.3 Å². The van der Waals surface area contributed by atoms with Crippen molar-refractivity contribution in [3.8, 4) is 0 Å². The van der Waals surface area contributed by atoms with Crippen LogP contribution in [0.15, 0.2) is 35.4 Å². The van der Waals surface area contributed by atoms with Gasteiger partial charge in [-0.05, 0) is 62.2 Å². The second-order valence-electron chi connectivity index (χ2n) is 7.44. The molecule has 1 aromatic rings. The number of rotatable bonds is 9. The maximum atomic E-state index is 8.35. The zero-order valence-electron chi connectivity index (χ0n) is 14.4. The lowest BCUT2D eigenvalue weighted by Gasteiger charge is -2.34. The van der Waals surface area contributed by atoms with E-state index >= 15 is 0 Å². The molecule has 0 radical (unpaired) electrons.